The van der Waals surface area contributed by atoms with E-state index in [0.717, 1.165) is 67.1 Å². The van der Waals surface area contributed by atoms with E-state index in [0.29, 0.717) is 52.4 Å². The number of pyridine rings is 1. The largest absolute Gasteiger partial charge is 0.381 e. The van der Waals surface area contributed by atoms with E-state index in [2.05, 4.69) is 20.5 Å². The van der Waals surface area contributed by atoms with Gasteiger partial charge >= 0.3 is 0 Å². The number of carbonyl (C=O) groups is 2. The molecule has 280 valence electrons. The van der Waals surface area contributed by atoms with Crippen molar-refractivity contribution in [3.63, 3.8) is 0 Å². The Kier molecular flexibility index (Phi) is 9.92. The minimum Gasteiger partial charge on any atom is -0.381 e. The number of amides is 2. The van der Waals surface area contributed by atoms with E-state index in [4.69, 9.17) is 4.74 Å². The molecule has 0 atom stereocenters. The zero-order chi connectivity index (χ0) is 38.1. The van der Waals surface area contributed by atoms with Crippen molar-refractivity contribution < 1.29 is 23.1 Å². The van der Waals surface area contributed by atoms with Crippen LogP contribution in [0.1, 0.15) is 67.8 Å². The topological polar surface area (TPSA) is 86.8 Å². The Labute approximate surface area is 319 Å². The number of ether oxygens (including phenoxy) is 1. The molecule has 0 aliphatic carbocycles. The summed E-state index contributed by atoms with van der Waals surface area (Å²) in [5.41, 5.74) is 7.31. The van der Waals surface area contributed by atoms with E-state index in [9.17, 15) is 14.0 Å². The van der Waals surface area contributed by atoms with E-state index in [1.54, 1.807) is 47.5 Å². The van der Waals surface area contributed by atoms with Crippen LogP contribution in [0.5, 0.6) is 0 Å². The molecule has 0 radical (unpaired) electrons. The van der Waals surface area contributed by atoms with Gasteiger partial charge in [0.1, 0.15) is 17.5 Å². The van der Waals surface area contributed by atoms with Gasteiger partial charge in [-0.2, -0.15) is 0 Å². The lowest BCUT2D eigenvalue weighted by molar-refractivity contribution is -0.000510. The molecule has 4 heterocycles. The monoisotopic (exact) mass is 739 g/mol. The van der Waals surface area contributed by atoms with Gasteiger partial charge in [0.2, 0.25) is 0 Å². The molecule has 0 bridgehead atoms. The van der Waals surface area contributed by atoms with Gasteiger partial charge in [0.05, 0.1) is 16.9 Å². The Morgan fingerprint density at radius 3 is 2.44 bits per heavy atom. The minimum atomic E-state index is -0.382. The number of anilines is 4. The number of benzene rings is 4. The number of para-hydroxylation sites is 2. The second-order valence-corrected chi connectivity index (χ2v) is 14.9. The maximum Gasteiger partial charge on any atom is 0.259 e. The molecule has 3 aliphatic rings. The van der Waals surface area contributed by atoms with Gasteiger partial charge in [-0.15, -0.1) is 0 Å². The molecule has 5 aromatic rings. The fraction of sp³-hybridized carbons (Fsp3) is 0.267. The Hall–Kier alpha value is -5.87. The van der Waals surface area contributed by atoms with E-state index in [1.807, 2.05) is 62.4 Å². The van der Waals surface area contributed by atoms with Crippen molar-refractivity contribution in [3.05, 3.63) is 148 Å². The predicted octanol–water partition coefficient (Wildman–Crippen LogP) is 9.05. The summed E-state index contributed by atoms with van der Waals surface area (Å²) in [4.78, 5) is 36.3. The van der Waals surface area contributed by atoms with E-state index < -0.39 is 0 Å². The molecule has 4 aromatic carbocycles. The molecule has 3 aliphatic heterocycles. The van der Waals surface area contributed by atoms with Crippen molar-refractivity contribution in [2.24, 2.45) is 5.41 Å². The number of hydrogen-bond donors (Lipinski definition) is 2. The summed E-state index contributed by atoms with van der Waals surface area (Å²) in [5.74, 6) is -0.503. The molecule has 0 saturated carbocycles. The maximum atomic E-state index is 15.7. The van der Waals surface area contributed by atoms with Gasteiger partial charge in [0.15, 0.2) is 0 Å². The average molecular weight is 740 g/mol. The molecular formula is C45H43F2N5O3. The lowest BCUT2D eigenvalue weighted by Gasteiger charge is -2.53. The molecule has 8 nitrogen and oxygen atoms in total. The fourth-order valence-corrected chi connectivity index (χ4v) is 7.93. The van der Waals surface area contributed by atoms with Crippen molar-refractivity contribution in [1.82, 2.24) is 4.98 Å². The smallest absolute Gasteiger partial charge is 0.259 e. The highest BCUT2D eigenvalue weighted by atomic mass is 19.1. The third-order valence-electron chi connectivity index (χ3n) is 11.0. The Balaban J connectivity index is 0.946. The molecule has 2 N–H and O–H groups in total. The number of rotatable bonds is 8. The van der Waals surface area contributed by atoms with Crippen LogP contribution in [0.3, 0.4) is 0 Å². The molecule has 2 fully saturated rings. The van der Waals surface area contributed by atoms with Crippen LogP contribution in [0.15, 0.2) is 97.2 Å². The van der Waals surface area contributed by atoms with Crippen LogP contribution in [-0.4, -0.2) is 49.6 Å². The molecule has 55 heavy (non-hydrogen) atoms. The summed E-state index contributed by atoms with van der Waals surface area (Å²) in [5, 5.41) is 6.10. The molecule has 2 amide bonds. The Bertz CT molecular complexity index is 2270. The van der Waals surface area contributed by atoms with E-state index >= 15 is 4.39 Å². The predicted molar refractivity (Wildman–Crippen MR) is 214 cm³/mol. The summed E-state index contributed by atoms with van der Waals surface area (Å²) in [7, 11) is 0. The highest BCUT2D eigenvalue weighted by Crippen LogP contribution is 2.42. The summed E-state index contributed by atoms with van der Waals surface area (Å²) in [6, 6.07) is 26.3. The lowest BCUT2D eigenvalue weighted by Crippen LogP contribution is -2.59. The number of aromatic nitrogens is 1. The first kappa shape index (κ1) is 36.1. The number of carbonyl (C=O) groups excluding carboxylic acids is 2. The summed E-state index contributed by atoms with van der Waals surface area (Å²) < 4.78 is 35.6. The normalized spacial score (nSPS) is 16.1. The van der Waals surface area contributed by atoms with Crippen molar-refractivity contribution in [2.75, 3.05) is 53.3 Å². The van der Waals surface area contributed by atoms with Crippen LogP contribution in [0.2, 0.25) is 0 Å². The molecule has 1 aromatic heterocycles. The lowest BCUT2D eigenvalue weighted by atomic mass is 9.73. The standard InChI is InChI=1S/C45H43F2N5O3/c1-29-22-37(42(49-25-29)51-27-45(28-51)17-20-55-21-18-45)43(53)50-35-13-11-32(12-14-35)44(54)52-19-16-33(24-34-7-3-4-9-40(34)52)36-15-10-31(23-39(36)47)26-48-41-30(2)6-5-8-38(41)46/h3-15,22-25,48H,16-21,26-28H2,1-2H3,(H,50,53). The van der Waals surface area contributed by atoms with Crippen molar-refractivity contribution >= 4 is 46.3 Å². The van der Waals surface area contributed by atoms with Crippen LogP contribution < -0.4 is 20.4 Å². The fourth-order valence-electron chi connectivity index (χ4n) is 7.93. The van der Waals surface area contributed by atoms with Crippen LogP contribution in [0, 0.1) is 30.9 Å². The first-order valence-electron chi connectivity index (χ1n) is 18.8. The zero-order valence-electron chi connectivity index (χ0n) is 31.0. The van der Waals surface area contributed by atoms with Crippen LogP contribution >= 0.6 is 0 Å². The van der Waals surface area contributed by atoms with Gasteiger partial charge in [-0.1, -0.05) is 42.5 Å². The van der Waals surface area contributed by atoms with E-state index in [-0.39, 0.29) is 35.4 Å². The maximum absolute atomic E-state index is 15.7. The number of hydrogen-bond acceptors (Lipinski definition) is 6. The van der Waals surface area contributed by atoms with Gasteiger partial charge < -0.3 is 25.2 Å². The zero-order valence-corrected chi connectivity index (χ0v) is 31.0. The van der Waals surface area contributed by atoms with Gasteiger partial charge in [-0.3, -0.25) is 9.59 Å². The second kappa shape index (κ2) is 15.1. The van der Waals surface area contributed by atoms with Crippen LogP contribution in [-0.2, 0) is 11.3 Å². The number of nitrogens with one attached hydrogen (secondary N) is 2. The number of fused-ring (bicyclic) bond motifs is 1. The van der Waals surface area contributed by atoms with Gasteiger partial charge in [-0.05, 0) is 116 Å². The van der Waals surface area contributed by atoms with Crippen molar-refractivity contribution in [3.8, 4) is 0 Å². The van der Waals surface area contributed by atoms with Crippen molar-refractivity contribution in [2.45, 2.75) is 39.7 Å². The third kappa shape index (κ3) is 7.47. The molecule has 10 heteroatoms. The summed E-state index contributed by atoms with van der Waals surface area (Å²) >= 11 is 0. The summed E-state index contributed by atoms with van der Waals surface area (Å²) in [6.07, 6.45) is 6.21. The SMILES string of the molecule is Cc1cnc(N2CC3(CCOCC3)C2)c(C(=O)Nc2ccc(C(=O)N3CCC(c4ccc(CNc5c(C)cccc5F)cc4F)=Cc4ccccc43)cc2)c1. The third-order valence-corrected chi connectivity index (χ3v) is 11.0. The first-order valence-corrected chi connectivity index (χ1v) is 18.8. The van der Waals surface area contributed by atoms with Crippen LogP contribution in [0.25, 0.3) is 11.6 Å². The summed E-state index contributed by atoms with van der Waals surface area (Å²) in [6.45, 7) is 7.62. The van der Waals surface area contributed by atoms with Gasteiger partial charge in [0, 0.05) is 67.8 Å². The molecule has 2 saturated heterocycles. The number of nitrogens with zero attached hydrogens (tertiary/aromatic N) is 3. The Morgan fingerprint density at radius 2 is 1.67 bits per heavy atom. The number of halogens is 2. The van der Waals surface area contributed by atoms with Crippen molar-refractivity contribution in [1.29, 1.82) is 0 Å². The number of aryl methyl sites for hydroxylation is 2. The first-order chi connectivity index (χ1) is 26.7. The highest BCUT2D eigenvalue weighted by molar-refractivity contribution is 6.10. The second-order valence-electron chi connectivity index (χ2n) is 14.9. The molecular weight excluding hydrogens is 697 g/mol. The minimum absolute atomic E-state index is 0.199. The van der Waals surface area contributed by atoms with Gasteiger partial charge in [0.25, 0.3) is 11.8 Å². The van der Waals surface area contributed by atoms with Gasteiger partial charge in [-0.25, -0.2) is 13.8 Å². The highest BCUT2D eigenvalue weighted by Gasteiger charge is 2.45. The average Bonchev–Trinajstić information content (AvgIpc) is 3.37. The quantitative estimate of drug-likeness (QED) is 0.165. The molecule has 0 unspecified atom stereocenters. The molecule has 1 spiro atoms. The van der Waals surface area contributed by atoms with Crippen LogP contribution in [0.4, 0.5) is 31.7 Å². The van der Waals surface area contributed by atoms with E-state index in [1.165, 1.54) is 12.1 Å². The Morgan fingerprint density at radius 1 is 0.891 bits per heavy atom. The molecule has 8 rings (SSSR count).